The molecule has 0 spiro atoms. The molecule has 0 aromatic heterocycles. The van der Waals surface area contributed by atoms with Gasteiger partial charge in [0.2, 0.25) is 0 Å². The second-order valence-electron chi connectivity index (χ2n) is 13.6. The van der Waals surface area contributed by atoms with Gasteiger partial charge in [0.1, 0.15) is 11.1 Å². The lowest BCUT2D eigenvalue weighted by Crippen LogP contribution is -2.34. The molecule has 0 heterocycles. The van der Waals surface area contributed by atoms with Gasteiger partial charge in [-0.2, -0.15) is 0 Å². The van der Waals surface area contributed by atoms with E-state index < -0.39 is 74.2 Å². The van der Waals surface area contributed by atoms with E-state index >= 15 is 0 Å². The van der Waals surface area contributed by atoms with E-state index in [1.54, 1.807) is 55.4 Å². The molecule has 0 aliphatic rings. The Balaban J connectivity index is 2.41. The normalized spacial score (nSPS) is 10.7. The lowest BCUT2D eigenvalue weighted by atomic mass is 10.2. The lowest BCUT2D eigenvalue weighted by molar-refractivity contribution is -0.187. The van der Waals surface area contributed by atoms with Gasteiger partial charge in [0.25, 0.3) is 0 Å². The van der Waals surface area contributed by atoms with Crippen molar-refractivity contribution < 1.29 is 76.4 Å². The van der Waals surface area contributed by atoms with Crippen LogP contribution in [0.3, 0.4) is 0 Å². The minimum Gasteiger partial charge on any atom is -0.469 e. The van der Waals surface area contributed by atoms with Crippen LogP contribution in [0.5, 0.6) is 23.0 Å². The molecule has 0 saturated carbocycles. The molecular weight excluding hydrogens is 768 g/mol. The largest absolute Gasteiger partial charge is 0.469 e. The van der Waals surface area contributed by atoms with Crippen LogP contribution in [0.25, 0.3) is 0 Å². The molecule has 2 aromatic rings. The molecule has 58 heavy (non-hydrogen) atoms. The topological polar surface area (TPSA) is 208 Å². The summed E-state index contributed by atoms with van der Waals surface area (Å²) in [7, 11) is 5.62. The Kier molecular flexibility index (Phi) is 19.0. The molecule has 0 saturated heterocycles. The predicted octanol–water partition coefficient (Wildman–Crippen LogP) is 5.87. The second kappa shape index (κ2) is 23.0. The third-order valence-electron chi connectivity index (χ3n) is 6.82. The number of nitrogens with zero attached hydrogens (tertiary/aromatic N) is 4. The zero-order valence-corrected chi connectivity index (χ0v) is 34.9. The van der Waals surface area contributed by atoms with Crippen molar-refractivity contribution in [2.75, 3.05) is 55.1 Å². The maximum Gasteiger partial charge on any atom is 0.412 e. The van der Waals surface area contributed by atoms with E-state index in [-0.39, 0.29) is 47.6 Å². The molecular formula is C38H54N4O16. The molecule has 0 radical (unpaired) electrons. The highest BCUT2D eigenvalue weighted by Gasteiger charge is 2.27. The molecule has 2 aromatic carbocycles. The Bertz CT molecular complexity index is 1590. The van der Waals surface area contributed by atoms with Crippen LogP contribution in [-0.4, -0.2) is 135 Å². The van der Waals surface area contributed by atoms with Crippen LogP contribution in [0, 0.1) is 0 Å². The van der Waals surface area contributed by atoms with Crippen LogP contribution >= 0.6 is 0 Å². The summed E-state index contributed by atoms with van der Waals surface area (Å²) in [5, 5.41) is 0. The number of para-hydroxylation sites is 2. The van der Waals surface area contributed by atoms with Crippen LogP contribution in [0.1, 0.15) is 76.1 Å². The van der Waals surface area contributed by atoms with Gasteiger partial charge in [0, 0.05) is 28.2 Å². The number of carbonyl (C=O) groups excluding carboxylic acids is 6. The molecule has 0 aliphatic carbocycles. The fourth-order valence-corrected chi connectivity index (χ4v) is 4.08. The third kappa shape index (κ3) is 15.7. The smallest absolute Gasteiger partial charge is 0.412 e. The Morgan fingerprint density at radius 1 is 0.431 bits per heavy atom. The van der Waals surface area contributed by atoms with E-state index in [0.29, 0.717) is 0 Å². The van der Waals surface area contributed by atoms with E-state index in [9.17, 15) is 28.8 Å². The van der Waals surface area contributed by atoms with Crippen molar-refractivity contribution in [3.05, 3.63) is 47.5 Å². The van der Waals surface area contributed by atoms with Gasteiger partial charge < -0.3 is 37.9 Å². The average molecular weight is 823 g/mol. The number of hydrogen-bond donors (Lipinski definition) is 0. The lowest BCUT2D eigenvalue weighted by Gasteiger charge is -2.23. The van der Waals surface area contributed by atoms with Gasteiger partial charge in [-0.05, 0) is 79.7 Å². The Labute approximate surface area is 337 Å². The number of benzene rings is 2. The second-order valence-corrected chi connectivity index (χ2v) is 13.6. The number of carbonyl (C=O) groups is 6. The third-order valence-corrected chi connectivity index (χ3v) is 6.82. The molecule has 0 bridgehead atoms. The molecule has 322 valence electrons. The van der Waals surface area contributed by atoms with Crippen molar-refractivity contribution in [2.45, 2.75) is 79.8 Å². The molecule has 0 aliphatic heterocycles. The van der Waals surface area contributed by atoms with Gasteiger partial charge in [0.15, 0.2) is 49.9 Å². The van der Waals surface area contributed by atoms with Crippen LogP contribution < -0.4 is 18.9 Å². The zero-order chi connectivity index (χ0) is 43.7. The molecule has 0 N–H and O–H groups in total. The summed E-state index contributed by atoms with van der Waals surface area (Å²) < 4.78 is 43.9. The van der Waals surface area contributed by atoms with Gasteiger partial charge in [0.05, 0.1) is 24.4 Å². The summed E-state index contributed by atoms with van der Waals surface area (Å²) in [6.07, 6.45) is -4.47. The SMILES string of the molecule is CC(C)OC(=O)N(C)COc1cccc(C(=O)OOC(=O)c2cccc(OCN(C)C(=O)OC(C)C)c2OCN(C)C(=O)OC(C)C)c1OCN(C)C(=O)OC(C)C. The summed E-state index contributed by atoms with van der Waals surface area (Å²) in [6, 6.07) is 8.22. The number of amides is 4. The zero-order valence-electron chi connectivity index (χ0n) is 34.9. The minimum absolute atomic E-state index is 0.0570. The summed E-state index contributed by atoms with van der Waals surface area (Å²) >= 11 is 0. The number of ether oxygens (including phenoxy) is 8. The molecule has 0 unspecified atom stereocenters. The molecule has 2 rings (SSSR count). The fraction of sp³-hybridized carbons (Fsp3) is 0.526. The molecule has 20 heteroatoms. The Morgan fingerprint density at radius 2 is 0.690 bits per heavy atom. The van der Waals surface area contributed by atoms with Gasteiger partial charge in [-0.3, -0.25) is 19.6 Å². The van der Waals surface area contributed by atoms with Crippen LogP contribution in [-0.2, 0) is 28.7 Å². The first kappa shape index (κ1) is 47.8. The average Bonchev–Trinajstić information content (AvgIpc) is 3.14. The van der Waals surface area contributed by atoms with Crippen LogP contribution in [0.15, 0.2) is 36.4 Å². The van der Waals surface area contributed by atoms with Crippen molar-refractivity contribution in [3.8, 4) is 23.0 Å². The maximum absolute atomic E-state index is 13.5. The first-order chi connectivity index (χ1) is 27.2. The predicted molar refractivity (Wildman–Crippen MR) is 203 cm³/mol. The summed E-state index contributed by atoms with van der Waals surface area (Å²) in [4.78, 5) is 90.9. The number of rotatable bonds is 18. The van der Waals surface area contributed by atoms with E-state index in [1.807, 2.05) is 0 Å². The van der Waals surface area contributed by atoms with E-state index in [0.717, 1.165) is 19.6 Å². The first-order valence-corrected chi connectivity index (χ1v) is 18.1. The fourth-order valence-electron chi connectivity index (χ4n) is 4.08. The van der Waals surface area contributed by atoms with E-state index in [2.05, 4.69) is 0 Å². The highest BCUT2D eigenvalue weighted by molar-refractivity contribution is 5.96. The quantitative estimate of drug-likeness (QED) is 0.0746. The molecule has 0 fully saturated rings. The van der Waals surface area contributed by atoms with Gasteiger partial charge in [-0.1, -0.05) is 12.1 Å². The summed E-state index contributed by atoms with van der Waals surface area (Å²) in [5.41, 5.74) is -0.614. The van der Waals surface area contributed by atoms with Crippen LogP contribution in [0.4, 0.5) is 19.2 Å². The molecule has 0 atom stereocenters. The van der Waals surface area contributed by atoms with Gasteiger partial charge in [-0.15, -0.1) is 0 Å². The summed E-state index contributed by atoms with van der Waals surface area (Å²) in [6.45, 7) is 11.8. The highest BCUT2D eigenvalue weighted by atomic mass is 17.2. The van der Waals surface area contributed by atoms with Gasteiger partial charge >= 0.3 is 36.3 Å². The van der Waals surface area contributed by atoms with Crippen LogP contribution in [0.2, 0.25) is 0 Å². The number of hydrogen-bond acceptors (Lipinski definition) is 16. The minimum atomic E-state index is -1.23. The summed E-state index contributed by atoms with van der Waals surface area (Å²) in [5.74, 6) is -3.06. The monoisotopic (exact) mass is 822 g/mol. The Morgan fingerprint density at radius 3 is 0.948 bits per heavy atom. The van der Waals surface area contributed by atoms with E-state index in [4.69, 9.17) is 47.7 Å². The van der Waals surface area contributed by atoms with Crippen molar-refractivity contribution >= 4 is 36.3 Å². The van der Waals surface area contributed by atoms with Crippen molar-refractivity contribution in [1.82, 2.24) is 19.6 Å². The van der Waals surface area contributed by atoms with Crippen molar-refractivity contribution in [2.24, 2.45) is 0 Å². The highest BCUT2D eigenvalue weighted by Crippen LogP contribution is 2.34. The maximum atomic E-state index is 13.5. The molecule has 4 amide bonds. The molecule has 20 nitrogen and oxygen atoms in total. The Hall–Kier alpha value is -6.34. The van der Waals surface area contributed by atoms with E-state index in [1.165, 1.54) is 64.6 Å². The standard InChI is InChI=1S/C38H54N4O16/c1-23(2)53-35(45)39(9)19-49-29-17-13-15-27(31(29)51-21-41(11)37(47)55-25(5)6)33(43)57-58-34(44)28-16-14-18-30(50-20-40(10)36(46)54-24(3)4)32(28)52-22-42(12)38(48)56-26(7)8/h13-18,23-26H,19-22H2,1-12H3. The van der Waals surface area contributed by atoms with Crippen molar-refractivity contribution in [3.63, 3.8) is 0 Å². The van der Waals surface area contributed by atoms with Gasteiger partial charge in [-0.25, -0.2) is 38.5 Å². The first-order valence-electron chi connectivity index (χ1n) is 18.1. The van der Waals surface area contributed by atoms with Crippen molar-refractivity contribution in [1.29, 1.82) is 0 Å².